The molecule has 39 heavy (non-hydrogen) atoms. The van der Waals surface area contributed by atoms with Crippen LogP contribution in [0.15, 0.2) is 77.6 Å². The molecule has 1 N–H and O–H groups in total. The van der Waals surface area contributed by atoms with Gasteiger partial charge in [0.15, 0.2) is 5.82 Å². The van der Waals surface area contributed by atoms with Crippen molar-refractivity contribution in [3.05, 3.63) is 123 Å². The molecule has 1 unspecified atom stereocenters. The van der Waals surface area contributed by atoms with Crippen molar-refractivity contribution in [2.45, 2.75) is 52.7 Å². The molecule has 5 aromatic rings. The first-order valence-corrected chi connectivity index (χ1v) is 13.3. The van der Waals surface area contributed by atoms with Crippen LogP contribution in [0.1, 0.15) is 53.0 Å². The maximum Gasteiger partial charge on any atom is 0.252 e. The summed E-state index contributed by atoms with van der Waals surface area (Å²) < 4.78 is 15.2. The Bertz CT molecular complexity index is 1610. The number of pyridine rings is 1. The van der Waals surface area contributed by atoms with Gasteiger partial charge >= 0.3 is 0 Å². The van der Waals surface area contributed by atoms with Crippen molar-refractivity contribution in [2.75, 3.05) is 6.54 Å². The summed E-state index contributed by atoms with van der Waals surface area (Å²) in [7, 11) is 0. The van der Waals surface area contributed by atoms with Crippen LogP contribution in [-0.4, -0.2) is 36.6 Å². The predicted octanol–water partition coefficient (Wildman–Crippen LogP) is 5.51. The second-order valence-electron chi connectivity index (χ2n) is 10.0. The van der Waals surface area contributed by atoms with Crippen molar-refractivity contribution in [1.82, 2.24) is 30.1 Å². The molecule has 0 saturated carbocycles. The highest BCUT2D eigenvalue weighted by molar-refractivity contribution is 5.83. The first kappa shape index (κ1) is 26.4. The van der Waals surface area contributed by atoms with Gasteiger partial charge in [-0.15, -0.1) is 5.10 Å². The highest BCUT2D eigenvalue weighted by atomic mass is 19.1. The van der Waals surface area contributed by atoms with Crippen molar-refractivity contribution in [3.8, 4) is 0 Å². The van der Waals surface area contributed by atoms with Gasteiger partial charge in [0.05, 0.1) is 18.1 Å². The monoisotopic (exact) mass is 524 g/mol. The molecule has 0 aliphatic rings. The van der Waals surface area contributed by atoms with Crippen LogP contribution >= 0.6 is 0 Å². The number of rotatable bonds is 10. The Kier molecular flexibility index (Phi) is 7.93. The van der Waals surface area contributed by atoms with E-state index in [0.717, 1.165) is 52.8 Å². The number of tetrazole rings is 1. The Morgan fingerprint density at radius 2 is 1.77 bits per heavy atom. The van der Waals surface area contributed by atoms with Gasteiger partial charge in [-0.2, -0.15) is 0 Å². The molecule has 0 fully saturated rings. The van der Waals surface area contributed by atoms with Gasteiger partial charge in [0, 0.05) is 18.7 Å². The Morgan fingerprint density at radius 1 is 1.00 bits per heavy atom. The zero-order valence-electron chi connectivity index (χ0n) is 22.6. The van der Waals surface area contributed by atoms with Crippen LogP contribution in [-0.2, 0) is 19.5 Å². The van der Waals surface area contributed by atoms with Crippen LogP contribution < -0.4 is 5.56 Å². The van der Waals surface area contributed by atoms with E-state index in [9.17, 15) is 9.18 Å². The van der Waals surface area contributed by atoms with E-state index in [2.05, 4.69) is 56.6 Å². The molecule has 0 aliphatic carbocycles. The summed E-state index contributed by atoms with van der Waals surface area (Å²) in [5.74, 6) is 0.443. The highest BCUT2D eigenvalue weighted by Gasteiger charge is 2.26. The maximum atomic E-state index is 13.5. The molecule has 0 aliphatic heterocycles. The fraction of sp³-hybridized carbons (Fsp3) is 0.290. The molecule has 7 nitrogen and oxygen atoms in total. The van der Waals surface area contributed by atoms with Gasteiger partial charge < -0.3 is 4.98 Å². The minimum absolute atomic E-state index is 0.0818. The molecular formula is C31H33FN6O. The molecule has 3 aromatic carbocycles. The van der Waals surface area contributed by atoms with Gasteiger partial charge in [0.1, 0.15) is 5.82 Å². The number of aromatic amines is 1. The second-order valence-corrected chi connectivity index (χ2v) is 10.0. The van der Waals surface area contributed by atoms with Crippen LogP contribution in [0.2, 0.25) is 0 Å². The Balaban J connectivity index is 1.49. The number of nitrogens with one attached hydrogen (secondary N) is 1. The van der Waals surface area contributed by atoms with Crippen molar-refractivity contribution in [3.63, 3.8) is 0 Å². The zero-order chi connectivity index (χ0) is 27.4. The first-order valence-electron chi connectivity index (χ1n) is 13.3. The van der Waals surface area contributed by atoms with Crippen LogP contribution in [0.5, 0.6) is 0 Å². The molecular weight excluding hydrogens is 491 g/mol. The van der Waals surface area contributed by atoms with Gasteiger partial charge in [-0.25, -0.2) is 9.07 Å². The number of hydrogen-bond acceptors (Lipinski definition) is 5. The number of halogens is 1. The van der Waals surface area contributed by atoms with Crippen molar-refractivity contribution < 1.29 is 4.39 Å². The first-order chi connectivity index (χ1) is 18.9. The lowest BCUT2D eigenvalue weighted by Gasteiger charge is -2.30. The third-order valence-corrected chi connectivity index (χ3v) is 7.46. The maximum absolute atomic E-state index is 13.5. The summed E-state index contributed by atoms with van der Waals surface area (Å²) in [6.07, 6.45) is 1.57. The number of fused-ring (bicyclic) bond motifs is 1. The number of aryl methyl sites for hydroxylation is 2. The largest absolute Gasteiger partial charge is 0.321 e. The quantitative estimate of drug-likeness (QED) is 0.260. The lowest BCUT2D eigenvalue weighted by Crippen LogP contribution is -2.34. The van der Waals surface area contributed by atoms with Crippen molar-refractivity contribution in [1.29, 1.82) is 0 Å². The zero-order valence-corrected chi connectivity index (χ0v) is 22.6. The molecule has 8 heteroatoms. The summed E-state index contributed by atoms with van der Waals surface area (Å²) in [6.45, 7) is 7.79. The lowest BCUT2D eigenvalue weighted by atomic mass is 10.0. The highest BCUT2D eigenvalue weighted by Crippen LogP contribution is 2.26. The van der Waals surface area contributed by atoms with Crippen LogP contribution in [0.3, 0.4) is 0 Å². The molecule has 2 heterocycles. The Labute approximate surface area is 227 Å². The summed E-state index contributed by atoms with van der Waals surface area (Å²) in [4.78, 5) is 18.7. The van der Waals surface area contributed by atoms with Crippen LogP contribution in [0.4, 0.5) is 4.39 Å². The normalized spacial score (nSPS) is 12.3. The Hall–Kier alpha value is -4.17. The average molecular weight is 525 g/mol. The molecule has 2 aromatic heterocycles. The minimum Gasteiger partial charge on any atom is -0.321 e. The van der Waals surface area contributed by atoms with E-state index in [1.807, 2.05) is 38.1 Å². The summed E-state index contributed by atoms with van der Waals surface area (Å²) in [5.41, 5.74) is 5.87. The van der Waals surface area contributed by atoms with Crippen molar-refractivity contribution in [2.24, 2.45) is 0 Å². The van der Waals surface area contributed by atoms with E-state index in [1.54, 1.807) is 16.8 Å². The lowest BCUT2D eigenvalue weighted by molar-refractivity contribution is 0.172. The second kappa shape index (κ2) is 11.7. The smallest absolute Gasteiger partial charge is 0.252 e. The van der Waals surface area contributed by atoms with Gasteiger partial charge in [0.2, 0.25) is 0 Å². The number of H-pyrrole nitrogens is 1. The van der Waals surface area contributed by atoms with E-state index >= 15 is 0 Å². The van der Waals surface area contributed by atoms with Gasteiger partial charge in [-0.3, -0.25) is 9.69 Å². The molecule has 0 spiro atoms. The van der Waals surface area contributed by atoms with E-state index in [1.165, 1.54) is 17.7 Å². The van der Waals surface area contributed by atoms with Gasteiger partial charge in [-0.1, -0.05) is 61.5 Å². The molecule has 0 bridgehead atoms. The molecule has 0 radical (unpaired) electrons. The topological polar surface area (TPSA) is 79.7 Å². The number of benzene rings is 3. The number of nitrogens with zero attached hydrogens (tertiary/aromatic N) is 5. The van der Waals surface area contributed by atoms with E-state index in [4.69, 9.17) is 0 Å². The van der Waals surface area contributed by atoms with Crippen LogP contribution in [0.25, 0.3) is 10.9 Å². The van der Waals surface area contributed by atoms with Crippen LogP contribution in [0, 0.1) is 19.7 Å². The predicted molar refractivity (Wildman–Crippen MR) is 151 cm³/mol. The van der Waals surface area contributed by atoms with Crippen molar-refractivity contribution >= 4 is 10.9 Å². The molecule has 200 valence electrons. The molecule has 0 saturated heterocycles. The number of aromatic nitrogens is 5. The van der Waals surface area contributed by atoms with Gasteiger partial charge in [0.25, 0.3) is 5.56 Å². The SMILES string of the molecule is CCC(c1nnnn1Cc1ccc(F)cc1)N(CCc1ccccc1)Cc1cc2ccc(C)c(C)c2[nH]c1=O. The fourth-order valence-corrected chi connectivity index (χ4v) is 5.10. The fourth-order valence-electron chi connectivity index (χ4n) is 5.10. The van der Waals surface area contributed by atoms with E-state index in [0.29, 0.717) is 18.7 Å². The summed E-state index contributed by atoms with van der Waals surface area (Å²) in [5, 5.41) is 13.7. The Morgan fingerprint density at radius 3 is 2.51 bits per heavy atom. The molecule has 5 rings (SSSR count). The minimum atomic E-state index is -0.278. The van der Waals surface area contributed by atoms with E-state index < -0.39 is 0 Å². The third-order valence-electron chi connectivity index (χ3n) is 7.46. The third kappa shape index (κ3) is 5.96. The summed E-state index contributed by atoms with van der Waals surface area (Å²) >= 11 is 0. The van der Waals surface area contributed by atoms with E-state index in [-0.39, 0.29) is 17.4 Å². The molecule has 0 amide bonds. The summed E-state index contributed by atoms with van der Waals surface area (Å²) in [6, 6.07) is 22.7. The standard InChI is InChI=1S/C31H33FN6O/c1-4-28(30-34-35-36-38(30)19-24-11-14-27(32)15-12-24)37(17-16-23-8-6-5-7-9-23)20-26-18-25-13-10-21(2)22(3)29(25)33-31(26)39/h5-15,18,28H,4,16-17,19-20H2,1-3H3,(H,33,39). The average Bonchev–Trinajstić information content (AvgIpc) is 3.40. The molecule has 1 atom stereocenters. The van der Waals surface area contributed by atoms with Gasteiger partial charge in [-0.05, 0) is 83.0 Å². The number of hydrogen-bond donors (Lipinski definition) is 1.